The number of allylic oxidation sites excluding steroid dienone is 1. The van der Waals surface area contributed by atoms with Gasteiger partial charge in [-0.05, 0) is 12.8 Å². The number of hydrogen-bond donors (Lipinski definition) is 0. The van der Waals surface area contributed by atoms with E-state index in [2.05, 4.69) is 32.3 Å². The molecule has 0 saturated carbocycles. The molecule has 0 atom stereocenters. The van der Waals surface area contributed by atoms with E-state index in [1.54, 1.807) is 0 Å². The smallest absolute Gasteiger partial charge is 0.0183 e. The van der Waals surface area contributed by atoms with Gasteiger partial charge in [0.15, 0.2) is 0 Å². The highest BCUT2D eigenvalue weighted by Gasteiger charge is 2.32. The van der Waals surface area contributed by atoms with E-state index in [0.29, 0.717) is 5.41 Å². The summed E-state index contributed by atoms with van der Waals surface area (Å²) < 4.78 is 0. The summed E-state index contributed by atoms with van der Waals surface area (Å²) in [6.45, 7) is 13.3. The normalized spacial score (nSPS) is 22.8. The molecular formula is C10H19N. The third-order valence-electron chi connectivity index (χ3n) is 2.66. The Morgan fingerprint density at radius 3 is 2.55 bits per heavy atom. The van der Waals surface area contributed by atoms with Gasteiger partial charge in [0, 0.05) is 24.2 Å². The largest absolute Gasteiger partial charge is 0.375 e. The van der Waals surface area contributed by atoms with E-state index in [4.69, 9.17) is 0 Å². The SMILES string of the molecule is C=C1N(CCC)CCC1(C)C. The van der Waals surface area contributed by atoms with Crippen LogP contribution in [-0.2, 0) is 0 Å². The van der Waals surface area contributed by atoms with Gasteiger partial charge in [-0.15, -0.1) is 0 Å². The summed E-state index contributed by atoms with van der Waals surface area (Å²) in [5, 5.41) is 0. The van der Waals surface area contributed by atoms with Crippen molar-refractivity contribution in [2.45, 2.75) is 33.6 Å². The highest BCUT2D eigenvalue weighted by atomic mass is 15.2. The third kappa shape index (κ3) is 1.58. The van der Waals surface area contributed by atoms with Gasteiger partial charge in [0.1, 0.15) is 0 Å². The van der Waals surface area contributed by atoms with Crippen LogP contribution in [0.1, 0.15) is 33.6 Å². The zero-order valence-electron chi connectivity index (χ0n) is 7.98. The van der Waals surface area contributed by atoms with E-state index in [-0.39, 0.29) is 0 Å². The van der Waals surface area contributed by atoms with E-state index in [1.807, 2.05) is 0 Å². The predicted molar refractivity (Wildman–Crippen MR) is 49.4 cm³/mol. The molecule has 0 unspecified atom stereocenters. The second kappa shape index (κ2) is 2.88. The van der Waals surface area contributed by atoms with E-state index < -0.39 is 0 Å². The molecule has 0 N–H and O–H groups in total. The Morgan fingerprint density at radius 1 is 1.55 bits per heavy atom. The maximum atomic E-state index is 4.13. The molecule has 0 aliphatic carbocycles. The van der Waals surface area contributed by atoms with Gasteiger partial charge in [0.25, 0.3) is 0 Å². The lowest BCUT2D eigenvalue weighted by atomic mass is 9.90. The Bertz CT molecular complexity index is 158. The first kappa shape index (κ1) is 8.63. The van der Waals surface area contributed by atoms with Crippen LogP contribution in [0.15, 0.2) is 12.3 Å². The molecule has 1 heteroatoms. The van der Waals surface area contributed by atoms with Crippen molar-refractivity contribution in [2.24, 2.45) is 5.41 Å². The third-order valence-corrected chi connectivity index (χ3v) is 2.66. The highest BCUT2D eigenvalue weighted by Crippen LogP contribution is 2.37. The quantitative estimate of drug-likeness (QED) is 0.589. The molecule has 0 radical (unpaired) electrons. The van der Waals surface area contributed by atoms with Crippen molar-refractivity contribution in [2.75, 3.05) is 13.1 Å². The highest BCUT2D eigenvalue weighted by molar-refractivity contribution is 5.11. The Hall–Kier alpha value is -0.460. The molecule has 1 rings (SSSR count). The molecule has 0 aromatic rings. The van der Waals surface area contributed by atoms with Crippen LogP contribution >= 0.6 is 0 Å². The second-order valence-electron chi connectivity index (χ2n) is 4.07. The van der Waals surface area contributed by atoms with Gasteiger partial charge in [-0.2, -0.15) is 0 Å². The van der Waals surface area contributed by atoms with Crippen LogP contribution in [0, 0.1) is 5.41 Å². The molecule has 64 valence electrons. The van der Waals surface area contributed by atoms with Gasteiger partial charge in [0.05, 0.1) is 0 Å². The lowest BCUT2D eigenvalue weighted by molar-refractivity contribution is 0.376. The maximum Gasteiger partial charge on any atom is 0.0183 e. The topological polar surface area (TPSA) is 3.24 Å². The van der Waals surface area contributed by atoms with Crippen molar-refractivity contribution in [3.05, 3.63) is 12.3 Å². The van der Waals surface area contributed by atoms with Crippen LogP contribution in [-0.4, -0.2) is 18.0 Å². The van der Waals surface area contributed by atoms with Gasteiger partial charge in [-0.1, -0.05) is 27.4 Å². The zero-order valence-corrected chi connectivity index (χ0v) is 7.98. The molecule has 0 bridgehead atoms. The Balaban J connectivity index is 2.56. The van der Waals surface area contributed by atoms with Crippen molar-refractivity contribution in [3.8, 4) is 0 Å². The van der Waals surface area contributed by atoms with E-state index in [1.165, 1.54) is 31.6 Å². The lowest BCUT2D eigenvalue weighted by Crippen LogP contribution is -2.20. The van der Waals surface area contributed by atoms with Gasteiger partial charge in [-0.25, -0.2) is 0 Å². The maximum absolute atomic E-state index is 4.13. The van der Waals surface area contributed by atoms with Crippen molar-refractivity contribution < 1.29 is 0 Å². The molecule has 0 aromatic carbocycles. The number of rotatable bonds is 2. The molecule has 1 saturated heterocycles. The minimum Gasteiger partial charge on any atom is -0.375 e. The molecule has 1 aliphatic heterocycles. The van der Waals surface area contributed by atoms with E-state index in [9.17, 15) is 0 Å². The molecule has 1 aliphatic rings. The summed E-state index contributed by atoms with van der Waals surface area (Å²) in [4.78, 5) is 2.42. The van der Waals surface area contributed by atoms with Crippen LogP contribution in [0.5, 0.6) is 0 Å². The van der Waals surface area contributed by atoms with Crippen molar-refractivity contribution >= 4 is 0 Å². The molecule has 0 amide bonds. The minimum absolute atomic E-state index is 0.356. The molecule has 1 nitrogen and oxygen atoms in total. The zero-order chi connectivity index (χ0) is 8.48. The average Bonchev–Trinajstić information content (AvgIpc) is 2.17. The minimum atomic E-state index is 0.356. The Labute approximate surface area is 70.1 Å². The van der Waals surface area contributed by atoms with Crippen LogP contribution in [0.3, 0.4) is 0 Å². The Morgan fingerprint density at radius 2 is 2.18 bits per heavy atom. The molecule has 11 heavy (non-hydrogen) atoms. The van der Waals surface area contributed by atoms with Gasteiger partial charge >= 0.3 is 0 Å². The summed E-state index contributed by atoms with van der Waals surface area (Å²) in [6, 6.07) is 0. The first-order chi connectivity index (χ1) is 5.08. The van der Waals surface area contributed by atoms with E-state index >= 15 is 0 Å². The number of hydrogen-bond acceptors (Lipinski definition) is 1. The van der Waals surface area contributed by atoms with Crippen molar-refractivity contribution in [1.82, 2.24) is 4.90 Å². The molecule has 1 heterocycles. The fourth-order valence-electron chi connectivity index (χ4n) is 1.64. The predicted octanol–water partition coefficient (Wildman–Crippen LogP) is 2.64. The monoisotopic (exact) mass is 153 g/mol. The van der Waals surface area contributed by atoms with Gasteiger partial charge in [-0.3, -0.25) is 0 Å². The fourth-order valence-corrected chi connectivity index (χ4v) is 1.64. The lowest BCUT2D eigenvalue weighted by Gasteiger charge is -2.24. The van der Waals surface area contributed by atoms with Crippen molar-refractivity contribution in [1.29, 1.82) is 0 Å². The number of likely N-dealkylation sites (tertiary alicyclic amines) is 1. The summed E-state index contributed by atoms with van der Waals surface area (Å²) in [7, 11) is 0. The molecular weight excluding hydrogens is 134 g/mol. The summed E-state index contributed by atoms with van der Waals surface area (Å²) in [6.07, 6.45) is 2.50. The molecule has 0 spiro atoms. The Kier molecular flexibility index (Phi) is 2.26. The molecule has 1 fully saturated rings. The fraction of sp³-hybridized carbons (Fsp3) is 0.800. The van der Waals surface area contributed by atoms with Crippen LogP contribution in [0.25, 0.3) is 0 Å². The summed E-state index contributed by atoms with van der Waals surface area (Å²) in [5.74, 6) is 0. The van der Waals surface area contributed by atoms with Crippen LogP contribution in [0.4, 0.5) is 0 Å². The summed E-state index contributed by atoms with van der Waals surface area (Å²) in [5.41, 5.74) is 1.69. The van der Waals surface area contributed by atoms with E-state index in [0.717, 1.165) is 0 Å². The van der Waals surface area contributed by atoms with Crippen LogP contribution < -0.4 is 0 Å². The van der Waals surface area contributed by atoms with Crippen LogP contribution in [0.2, 0.25) is 0 Å². The average molecular weight is 153 g/mol. The number of nitrogens with zero attached hydrogens (tertiary/aromatic N) is 1. The second-order valence-corrected chi connectivity index (χ2v) is 4.07. The standard InChI is InChI=1S/C10H19N/c1-5-7-11-8-6-10(3,4)9(11)2/h2,5-8H2,1,3-4H3. The molecule has 0 aromatic heterocycles. The summed E-state index contributed by atoms with van der Waals surface area (Å²) >= 11 is 0. The first-order valence-electron chi connectivity index (χ1n) is 4.52. The van der Waals surface area contributed by atoms with Gasteiger partial charge < -0.3 is 4.90 Å². The first-order valence-corrected chi connectivity index (χ1v) is 4.52. The van der Waals surface area contributed by atoms with Gasteiger partial charge in [0.2, 0.25) is 0 Å². The van der Waals surface area contributed by atoms with Crippen molar-refractivity contribution in [3.63, 3.8) is 0 Å².